The van der Waals surface area contributed by atoms with Gasteiger partial charge in [0.15, 0.2) is 0 Å². The molecule has 9 heteroatoms. The predicted molar refractivity (Wildman–Crippen MR) is 112 cm³/mol. The van der Waals surface area contributed by atoms with Crippen LogP contribution in [0.4, 0.5) is 0 Å². The van der Waals surface area contributed by atoms with Crippen molar-refractivity contribution in [1.29, 1.82) is 0 Å². The lowest BCUT2D eigenvalue weighted by atomic mass is 9.78. The van der Waals surface area contributed by atoms with E-state index in [1.54, 1.807) is 18.2 Å². The normalized spacial score (nSPS) is 21.1. The largest absolute Gasteiger partial charge is 0.492 e. The Bertz CT molecular complexity index is 915. The number of piperidine rings is 1. The van der Waals surface area contributed by atoms with Crippen molar-refractivity contribution in [2.45, 2.75) is 38.5 Å². The maximum absolute atomic E-state index is 13.4. The number of nitrogens with one attached hydrogen (secondary N) is 1. The first kappa shape index (κ1) is 22.6. The van der Waals surface area contributed by atoms with Gasteiger partial charge in [-0.3, -0.25) is 9.59 Å². The maximum atomic E-state index is 13.4. The number of likely N-dealkylation sites (tertiary alicyclic amines) is 1. The lowest BCUT2D eigenvalue weighted by Crippen LogP contribution is -2.54. The Labute approximate surface area is 178 Å². The van der Waals surface area contributed by atoms with E-state index in [2.05, 4.69) is 5.32 Å². The highest BCUT2D eigenvalue weighted by molar-refractivity contribution is 7.89. The Morgan fingerprint density at radius 1 is 1.17 bits per heavy atom. The minimum absolute atomic E-state index is 0.0732. The first-order valence-electron chi connectivity index (χ1n) is 10.2. The molecule has 0 atom stereocenters. The molecule has 2 aliphatic rings. The third-order valence-corrected chi connectivity index (χ3v) is 7.70. The van der Waals surface area contributed by atoms with E-state index in [9.17, 15) is 18.0 Å². The summed E-state index contributed by atoms with van der Waals surface area (Å²) >= 11 is 0. The van der Waals surface area contributed by atoms with E-state index < -0.39 is 20.9 Å². The highest BCUT2D eigenvalue weighted by Gasteiger charge is 2.44. The molecule has 2 aliphatic heterocycles. The van der Waals surface area contributed by atoms with Crippen LogP contribution in [0.2, 0.25) is 0 Å². The van der Waals surface area contributed by atoms with E-state index in [-0.39, 0.29) is 29.8 Å². The Morgan fingerprint density at radius 2 is 1.80 bits per heavy atom. The van der Waals surface area contributed by atoms with Crippen LogP contribution < -0.4 is 10.1 Å². The van der Waals surface area contributed by atoms with Crippen molar-refractivity contribution in [2.24, 2.45) is 10.8 Å². The number of ether oxygens (including phenoxy) is 1. The fraction of sp³-hybridized carbons (Fsp3) is 0.619. The smallest absolute Gasteiger partial charge is 0.247 e. The van der Waals surface area contributed by atoms with E-state index in [0.717, 1.165) is 0 Å². The summed E-state index contributed by atoms with van der Waals surface area (Å²) < 4.78 is 34.0. The standard InChI is InChI=1S/C21H31N3O5S/c1-20(2,3)19(26)23-11-9-21(10-12-23)14-24(13-18(25)22-4)30(27,28)17-8-6-5-7-16(17)29-15-21/h5-8H,9-15H2,1-4H3,(H,22,25). The van der Waals surface area contributed by atoms with Crippen LogP contribution in [-0.4, -0.2) is 69.3 Å². The van der Waals surface area contributed by atoms with Crippen molar-refractivity contribution in [3.8, 4) is 5.75 Å². The number of hydrogen-bond acceptors (Lipinski definition) is 5. The summed E-state index contributed by atoms with van der Waals surface area (Å²) in [4.78, 5) is 26.7. The molecule has 0 unspecified atom stereocenters. The third kappa shape index (κ3) is 4.46. The van der Waals surface area contributed by atoms with Gasteiger partial charge in [-0.15, -0.1) is 0 Å². The second-order valence-electron chi connectivity index (χ2n) is 9.22. The molecule has 2 heterocycles. The topological polar surface area (TPSA) is 96.0 Å². The van der Waals surface area contributed by atoms with Gasteiger partial charge in [0, 0.05) is 37.5 Å². The van der Waals surface area contributed by atoms with Crippen LogP contribution >= 0.6 is 0 Å². The number of rotatable bonds is 2. The zero-order valence-corrected chi connectivity index (χ0v) is 18.9. The van der Waals surface area contributed by atoms with E-state index in [0.29, 0.717) is 38.3 Å². The summed E-state index contributed by atoms with van der Waals surface area (Å²) in [5.74, 6) is 0.0176. The monoisotopic (exact) mass is 437 g/mol. The van der Waals surface area contributed by atoms with Gasteiger partial charge in [0.05, 0.1) is 13.2 Å². The second-order valence-corrected chi connectivity index (χ2v) is 11.1. The Balaban J connectivity index is 1.91. The van der Waals surface area contributed by atoms with Gasteiger partial charge in [-0.1, -0.05) is 32.9 Å². The van der Waals surface area contributed by atoms with Gasteiger partial charge in [-0.25, -0.2) is 8.42 Å². The average molecular weight is 438 g/mol. The van der Waals surface area contributed by atoms with Crippen molar-refractivity contribution < 1.29 is 22.7 Å². The fourth-order valence-corrected chi connectivity index (χ4v) is 5.64. The number of carbonyl (C=O) groups excluding carboxylic acids is 2. The van der Waals surface area contributed by atoms with Crippen LogP contribution in [0, 0.1) is 10.8 Å². The molecule has 2 amide bonds. The highest BCUT2D eigenvalue weighted by atomic mass is 32.2. The number of para-hydroxylation sites is 1. The molecule has 1 N–H and O–H groups in total. The lowest BCUT2D eigenvalue weighted by molar-refractivity contribution is -0.142. The summed E-state index contributed by atoms with van der Waals surface area (Å²) in [6.45, 7) is 7.02. The lowest BCUT2D eigenvalue weighted by Gasteiger charge is -2.45. The number of fused-ring (bicyclic) bond motifs is 1. The molecule has 166 valence electrons. The quantitative estimate of drug-likeness (QED) is 0.756. The zero-order chi connectivity index (χ0) is 22.2. The minimum Gasteiger partial charge on any atom is -0.492 e. The van der Waals surface area contributed by atoms with E-state index in [1.807, 2.05) is 25.7 Å². The van der Waals surface area contributed by atoms with Crippen LogP contribution in [0.1, 0.15) is 33.6 Å². The molecule has 0 aromatic heterocycles. The molecular formula is C21H31N3O5S. The molecule has 8 nitrogen and oxygen atoms in total. The number of nitrogens with zero attached hydrogens (tertiary/aromatic N) is 2. The summed E-state index contributed by atoms with van der Waals surface area (Å²) in [5.41, 5.74) is -0.932. The Kier molecular flexibility index (Phi) is 6.15. The number of sulfonamides is 1. The molecule has 1 fully saturated rings. The Hall–Kier alpha value is -2.13. The molecule has 3 rings (SSSR count). The van der Waals surface area contributed by atoms with Crippen LogP contribution in [0.15, 0.2) is 29.2 Å². The molecule has 1 saturated heterocycles. The van der Waals surface area contributed by atoms with Crippen molar-refractivity contribution in [3.63, 3.8) is 0 Å². The molecule has 0 saturated carbocycles. The number of carbonyl (C=O) groups is 2. The minimum atomic E-state index is -3.91. The van der Waals surface area contributed by atoms with Gasteiger partial charge < -0.3 is 15.0 Å². The summed E-state index contributed by atoms with van der Waals surface area (Å²) in [5, 5.41) is 2.51. The first-order chi connectivity index (χ1) is 14.0. The van der Waals surface area contributed by atoms with Crippen LogP contribution in [-0.2, 0) is 19.6 Å². The van der Waals surface area contributed by atoms with E-state index >= 15 is 0 Å². The number of benzene rings is 1. The molecule has 1 aromatic rings. The fourth-order valence-electron chi connectivity index (χ4n) is 4.00. The maximum Gasteiger partial charge on any atom is 0.247 e. The molecule has 0 aliphatic carbocycles. The predicted octanol–water partition coefficient (Wildman–Crippen LogP) is 1.47. The zero-order valence-electron chi connectivity index (χ0n) is 18.1. The summed E-state index contributed by atoms with van der Waals surface area (Å²) in [6, 6.07) is 6.52. The molecular weight excluding hydrogens is 406 g/mol. The first-order valence-corrected chi connectivity index (χ1v) is 11.6. The van der Waals surface area contributed by atoms with Crippen LogP contribution in [0.5, 0.6) is 5.75 Å². The average Bonchev–Trinajstić information content (AvgIpc) is 2.70. The van der Waals surface area contributed by atoms with Gasteiger partial charge in [0.1, 0.15) is 10.6 Å². The number of amides is 2. The van der Waals surface area contributed by atoms with Gasteiger partial charge in [-0.05, 0) is 25.0 Å². The highest BCUT2D eigenvalue weighted by Crippen LogP contribution is 2.39. The molecule has 1 aromatic carbocycles. The Morgan fingerprint density at radius 3 is 2.40 bits per heavy atom. The molecule has 1 spiro atoms. The van der Waals surface area contributed by atoms with E-state index in [4.69, 9.17) is 4.74 Å². The summed E-state index contributed by atoms with van der Waals surface area (Å²) in [6.07, 6.45) is 1.22. The second kappa shape index (κ2) is 8.19. The summed E-state index contributed by atoms with van der Waals surface area (Å²) in [7, 11) is -2.42. The number of hydrogen-bond donors (Lipinski definition) is 1. The third-order valence-electron chi connectivity index (χ3n) is 5.86. The molecule has 0 radical (unpaired) electrons. The van der Waals surface area contributed by atoms with Crippen LogP contribution in [0.25, 0.3) is 0 Å². The molecule has 0 bridgehead atoms. The van der Waals surface area contributed by atoms with Crippen molar-refractivity contribution >= 4 is 21.8 Å². The van der Waals surface area contributed by atoms with Crippen molar-refractivity contribution in [2.75, 3.05) is 39.8 Å². The van der Waals surface area contributed by atoms with E-state index in [1.165, 1.54) is 17.4 Å². The SMILES string of the molecule is CNC(=O)CN1CC2(CCN(C(=O)C(C)(C)C)CC2)COc2ccccc2S1(=O)=O. The van der Waals surface area contributed by atoms with Gasteiger partial charge >= 0.3 is 0 Å². The van der Waals surface area contributed by atoms with Crippen molar-refractivity contribution in [3.05, 3.63) is 24.3 Å². The van der Waals surface area contributed by atoms with Gasteiger partial charge in [0.2, 0.25) is 21.8 Å². The van der Waals surface area contributed by atoms with Gasteiger partial charge in [-0.2, -0.15) is 4.31 Å². The number of likely N-dealkylation sites (N-methyl/N-ethyl adjacent to an activating group) is 1. The van der Waals surface area contributed by atoms with Crippen LogP contribution in [0.3, 0.4) is 0 Å². The molecule has 30 heavy (non-hydrogen) atoms. The van der Waals surface area contributed by atoms with Gasteiger partial charge in [0.25, 0.3) is 0 Å². The van der Waals surface area contributed by atoms with Crippen molar-refractivity contribution in [1.82, 2.24) is 14.5 Å².